The Morgan fingerprint density at radius 3 is 2.32 bits per heavy atom. The highest BCUT2D eigenvalue weighted by Crippen LogP contribution is 2.16. The molecule has 0 N–H and O–H groups in total. The Morgan fingerprint density at radius 1 is 1.16 bits per heavy atom. The van der Waals surface area contributed by atoms with Crippen LogP contribution in [0, 0.1) is 0 Å². The van der Waals surface area contributed by atoms with Crippen molar-refractivity contribution in [3.63, 3.8) is 0 Å². The molecule has 0 aromatic carbocycles. The molecule has 0 rings (SSSR count). The van der Waals surface area contributed by atoms with Gasteiger partial charge in [-0.05, 0) is 19.8 Å². The van der Waals surface area contributed by atoms with Gasteiger partial charge in [-0.3, -0.25) is 0 Å². The van der Waals surface area contributed by atoms with Crippen molar-refractivity contribution < 1.29 is 19.1 Å². The Morgan fingerprint density at radius 2 is 1.79 bits per heavy atom. The smallest absolute Gasteiger partial charge is 0.337 e. The van der Waals surface area contributed by atoms with Crippen LogP contribution in [0.2, 0.25) is 0 Å². The molecule has 0 amide bonds. The molecule has 0 atom stereocenters. The number of rotatable bonds is 9. The molecule has 19 heavy (non-hydrogen) atoms. The lowest BCUT2D eigenvalue weighted by atomic mass is 10.1. The van der Waals surface area contributed by atoms with Crippen LogP contribution < -0.4 is 0 Å². The Balaban J connectivity index is 4.73. The maximum absolute atomic E-state index is 11.8. The number of ether oxygens (including phenoxy) is 2. The SMILES string of the molecule is C=CC(=O)OC(CCCC)=C(C)C(=O)OCCCC. The minimum atomic E-state index is -0.549. The van der Waals surface area contributed by atoms with E-state index in [1.807, 2.05) is 13.8 Å². The first-order valence-corrected chi connectivity index (χ1v) is 6.77. The molecule has 0 aliphatic heterocycles. The fraction of sp³-hybridized carbons (Fsp3) is 0.600. The molecule has 108 valence electrons. The summed E-state index contributed by atoms with van der Waals surface area (Å²) in [4.78, 5) is 23.0. The molecule has 0 aliphatic rings. The molecule has 0 aromatic rings. The van der Waals surface area contributed by atoms with Gasteiger partial charge in [0.2, 0.25) is 0 Å². The van der Waals surface area contributed by atoms with Crippen molar-refractivity contribution in [2.24, 2.45) is 0 Å². The molecule has 0 fully saturated rings. The summed E-state index contributed by atoms with van der Waals surface area (Å²) in [5.41, 5.74) is 0.361. The molecular weight excluding hydrogens is 244 g/mol. The Hall–Kier alpha value is -1.58. The molecular formula is C15H24O4. The largest absolute Gasteiger partial charge is 0.462 e. The van der Waals surface area contributed by atoms with Crippen molar-refractivity contribution in [3.8, 4) is 0 Å². The lowest BCUT2D eigenvalue weighted by Crippen LogP contribution is -2.12. The van der Waals surface area contributed by atoms with Crippen molar-refractivity contribution in [2.75, 3.05) is 6.61 Å². The van der Waals surface area contributed by atoms with Crippen LogP contribution >= 0.6 is 0 Å². The Kier molecular flexibility index (Phi) is 9.49. The van der Waals surface area contributed by atoms with Crippen molar-refractivity contribution in [1.82, 2.24) is 0 Å². The minimum absolute atomic E-state index is 0.361. The van der Waals surface area contributed by atoms with Crippen LogP contribution in [0.4, 0.5) is 0 Å². The van der Waals surface area contributed by atoms with Crippen LogP contribution in [-0.2, 0) is 19.1 Å². The lowest BCUT2D eigenvalue weighted by molar-refractivity contribution is -0.139. The second kappa shape index (κ2) is 10.4. The molecule has 0 radical (unpaired) electrons. The molecule has 0 bridgehead atoms. The fourth-order valence-electron chi connectivity index (χ4n) is 1.35. The van der Waals surface area contributed by atoms with E-state index in [1.165, 1.54) is 0 Å². The molecule has 0 saturated carbocycles. The fourth-order valence-corrected chi connectivity index (χ4v) is 1.35. The predicted molar refractivity (Wildman–Crippen MR) is 74.4 cm³/mol. The number of carbonyl (C=O) groups is 2. The van der Waals surface area contributed by atoms with E-state index in [4.69, 9.17) is 9.47 Å². The third-order valence-corrected chi connectivity index (χ3v) is 2.60. The monoisotopic (exact) mass is 268 g/mol. The maximum atomic E-state index is 11.8. The second-order valence-corrected chi connectivity index (χ2v) is 4.27. The van der Waals surface area contributed by atoms with Crippen LogP contribution in [0.15, 0.2) is 24.0 Å². The van der Waals surface area contributed by atoms with Gasteiger partial charge in [0.1, 0.15) is 5.76 Å². The van der Waals surface area contributed by atoms with E-state index in [-0.39, 0.29) is 0 Å². The van der Waals surface area contributed by atoms with Crippen molar-refractivity contribution >= 4 is 11.9 Å². The van der Waals surface area contributed by atoms with Gasteiger partial charge in [0, 0.05) is 12.5 Å². The summed E-state index contributed by atoms with van der Waals surface area (Å²) in [6.45, 7) is 9.41. The molecule has 0 spiro atoms. The third-order valence-electron chi connectivity index (χ3n) is 2.60. The van der Waals surface area contributed by atoms with Crippen LogP contribution in [0.3, 0.4) is 0 Å². The summed E-state index contributed by atoms with van der Waals surface area (Å²) < 4.78 is 10.2. The van der Waals surface area contributed by atoms with Gasteiger partial charge in [0.05, 0.1) is 12.2 Å². The van der Waals surface area contributed by atoms with E-state index < -0.39 is 11.9 Å². The molecule has 4 heteroatoms. The van der Waals surface area contributed by atoms with Gasteiger partial charge in [-0.15, -0.1) is 0 Å². The number of hydrogen-bond donors (Lipinski definition) is 0. The molecule has 0 saturated heterocycles. The maximum Gasteiger partial charge on any atom is 0.337 e. The predicted octanol–water partition coefficient (Wildman–Crippen LogP) is 3.52. The van der Waals surface area contributed by atoms with Crippen LogP contribution in [-0.4, -0.2) is 18.5 Å². The van der Waals surface area contributed by atoms with E-state index in [0.717, 1.165) is 31.8 Å². The first-order chi connectivity index (χ1) is 9.06. The number of esters is 2. The molecule has 0 aromatic heterocycles. The average Bonchev–Trinajstić information content (AvgIpc) is 2.42. The van der Waals surface area contributed by atoms with Crippen molar-refractivity contribution in [3.05, 3.63) is 24.0 Å². The molecule has 0 aliphatic carbocycles. The topological polar surface area (TPSA) is 52.6 Å². The molecule has 4 nitrogen and oxygen atoms in total. The zero-order chi connectivity index (χ0) is 14.7. The van der Waals surface area contributed by atoms with Gasteiger partial charge >= 0.3 is 11.9 Å². The zero-order valence-corrected chi connectivity index (χ0v) is 12.2. The number of hydrogen-bond acceptors (Lipinski definition) is 4. The first kappa shape index (κ1) is 17.4. The minimum Gasteiger partial charge on any atom is -0.462 e. The van der Waals surface area contributed by atoms with Crippen molar-refractivity contribution in [2.45, 2.75) is 52.9 Å². The highest BCUT2D eigenvalue weighted by molar-refractivity contribution is 5.89. The van der Waals surface area contributed by atoms with E-state index in [1.54, 1.807) is 6.92 Å². The number of unbranched alkanes of at least 4 members (excludes halogenated alkanes) is 2. The first-order valence-electron chi connectivity index (χ1n) is 6.77. The van der Waals surface area contributed by atoms with Gasteiger partial charge in [-0.25, -0.2) is 9.59 Å². The van der Waals surface area contributed by atoms with Crippen LogP contribution in [0.5, 0.6) is 0 Å². The lowest BCUT2D eigenvalue weighted by Gasteiger charge is -2.11. The van der Waals surface area contributed by atoms with Gasteiger partial charge in [0.15, 0.2) is 0 Å². The van der Waals surface area contributed by atoms with Gasteiger partial charge < -0.3 is 9.47 Å². The van der Waals surface area contributed by atoms with Gasteiger partial charge in [-0.2, -0.15) is 0 Å². The van der Waals surface area contributed by atoms with E-state index in [9.17, 15) is 9.59 Å². The van der Waals surface area contributed by atoms with Crippen molar-refractivity contribution in [1.29, 1.82) is 0 Å². The standard InChI is InChI=1S/C15H24O4/c1-5-8-10-13(19-14(16)7-3)12(4)15(17)18-11-9-6-2/h7H,3,5-6,8-11H2,1-2,4H3. The number of carbonyl (C=O) groups excluding carboxylic acids is 2. The second-order valence-electron chi connectivity index (χ2n) is 4.27. The summed E-state index contributed by atoms with van der Waals surface area (Å²) in [6, 6.07) is 0. The summed E-state index contributed by atoms with van der Waals surface area (Å²) in [5, 5.41) is 0. The van der Waals surface area contributed by atoms with Gasteiger partial charge in [-0.1, -0.05) is 33.3 Å². The summed E-state index contributed by atoms with van der Waals surface area (Å²) in [7, 11) is 0. The molecule has 0 heterocycles. The highest BCUT2D eigenvalue weighted by Gasteiger charge is 2.15. The Bertz CT molecular complexity index is 342. The third kappa shape index (κ3) is 7.44. The van der Waals surface area contributed by atoms with E-state index in [0.29, 0.717) is 24.4 Å². The van der Waals surface area contributed by atoms with Crippen LogP contribution in [0.25, 0.3) is 0 Å². The summed E-state index contributed by atoms with van der Waals surface area (Å²) in [5.74, 6) is -0.587. The van der Waals surface area contributed by atoms with Gasteiger partial charge in [0.25, 0.3) is 0 Å². The molecule has 0 unspecified atom stereocenters. The van der Waals surface area contributed by atoms with Crippen LogP contribution in [0.1, 0.15) is 52.9 Å². The zero-order valence-electron chi connectivity index (χ0n) is 12.2. The summed E-state index contributed by atoms with van der Waals surface area (Å²) in [6.07, 6.45) is 5.22. The van der Waals surface area contributed by atoms with E-state index >= 15 is 0 Å². The summed E-state index contributed by atoms with van der Waals surface area (Å²) >= 11 is 0. The quantitative estimate of drug-likeness (QED) is 0.278. The normalized spacial score (nSPS) is 11.5. The Labute approximate surface area is 115 Å². The van der Waals surface area contributed by atoms with E-state index in [2.05, 4.69) is 6.58 Å². The highest BCUT2D eigenvalue weighted by atomic mass is 16.5. The average molecular weight is 268 g/mol. The number of allylic oxidation sites excluding steroid dienone is 1.